The highest BCUT2D eigenvalue weighted by atomic mass is 79.9. The summed E-state index contributed by atoms with van der Waals surface area (Å²) in [6.07, 6.45) is 5.36. The van der Waals surface area contributed by atoms with Gasteiger partial charge in [0, 0.05) is 5.33 Å². The zero-order valence-corrected chi connectivity index (χ0v) is 11.5. The molecule has 0 atom stereocenters. The highest BCUT2D eigenvalue weighted by molar-refractivity contribution is 9.09. The fraction of sp³-hybridized carbons (Fsp3) is 1.00. The Balaban J connectivity index is 3.63. The highest BCUT2D eigenvalue weighted by Gasteiger charge is 2.18. The van der Waals surface area contributed by atoms with Crippen LogP contribution in [0, 0.1) is 10.8 Å². The Morgan fingerprint density at radius 3 is 1.77 bits per heavy atom. The lowest BCUT2D eigenvalue weighted by molar-refractivity contribution is 0.276. The number of rotatable bonds is 5. The van der Waals surface area contributed by atoms with E-state index in [1.807, 2.05) is 0 Å². The molecule has 0 saturated carbocycles. The molecule has 0 amide bonds. The third-order valence-corrected chi connectivity index (χ3v) is 2.95. The van der Waals surface area contributed by atoms with Crippen LogP contribution in [0.15, 0.2) is 0 Å². The summed E-state index contributed by atoms with van der Waals surface area (Å²) >= 11 is 3.52. The number of hydrogen-bond donors (Lipinski definition) is 0. The van der Waals surface area contributed by atoms with Crippen LogP contribution in [0.25, 0.3) is 0 Å². The second-order valence-corrected chi connectivity index (χ2v) is 6.81. The maximum absolute atomic E-state index is 3.52. The highest BCUT2D eigenvalue weighted by Crippen LogP contribution is 2.31. The molecule has 0 heterocycles. The molecule has 0 unspecified atom stereocenters. The second-order valence-electron chi connectivity index (χ2n) is 6.02. The Morgan fingerprint density at radius 2 is 1.38 bits per heavy atom. The molecule has 0 aliphatic rings. The molecule has 0 radical (unpaired) electrons. The fourth-order valence-electron chi connectivity index (χ4n) is 1.48. The van der Waals surface area contributed by atoms with Crippen molar-refractivity contribution in [2.24, 2.45) is 10.8 Å². The van der Waals surface area contributed by atoms with E-state index in [9.17, 15) is 0 Å². The van der Waals surface area contributed by atoms with Gasteiger partial charge in [-0.15, -0.1) is 0 Å². The van der Waals surface area contributed by atoms with E-state index in [2.05, 4.69) is 50.5 Å². The quantitative estimate of drug-likeness (QED) is 0.600. The zero-order chi connectivity index (χ0) is 10.5. The van der Waals surface area contributed by atoms with Gasteiger partial charge in [-0.05, 0) is 30.1 Å². The normalized spacial score (nSPS) is 13.4. The molecule has 0 aromatic carbocycles. The van der Waals surface area contributed by atoms with Crippen LogP contribution in [0.5, 0.6) is 0 Å². The van der Waals surface area contributed by atoms with Crippen molar-refractivity contribution in [1.29, 1.82) is 0 Å². The largest absolute Gasteiger partial charge is 0.0928 e. The Morgan fingerprint density at radius 1 is 0.846 bits per heavy atom. The van der Waals surface area contributed by atoms with Gasteiger partial charge in [-0.3, -0.25) is 0 Å². The van der Waals surface area contributed by atoms with Crippen LogP contribution >= 0.6 is 15.9 Å². The fourth-order valence-corrected chi connectivity index (χ4v) is 2.55. The summed E-state index contributed by atoms with van der Waals surface area (Å²) in [7, 11) is 0. The molecule has 0 N–H and O–H groups in total. The van der Waals surface area contributed by atoms with Crippen molar-refractivity contribution >= 4 is 15.9 Å². The smallest absolute Gasteiger partial charge is 0.00363 e. The van der Waals surface area contributed by atoms with Crippen molar-refractivity contribution in [2.45, 2.75) is 60.3 Å². The molecule has 0 aliphatic carbocycles. The summed E-state index contributed by atoms with van der Waals surface area (Å²) in [5.74, 6) is 0. The Hall–Kier alpha value is 0.480. The average molecular weight is 249 g/mol. The van der Waals surface area contributed by atoms with E-state index >= 15 is 0 Å². The van der Waals surface area contributed by atoms with Crippen LogP contribution in [0.1, 0.15) is 60.3 Å². The Bertz CT molecular complexity index is 131. The molecule has 0 spiro atoms. The first-order valence-corrected chi connectivity index (χ1v) is 6.45. The van der Waals surface area contributed by atoms with Gasteiger partial charge in [0.2, 0.25) is 0 Å². The van der Waals surface area contributed by atoms with Gasteiger partial charge in [0.05, 0.1) is 0 Å². The van der Waals surface area contributed by atoms with Gasteiger partial charge in [-0.25, -0.2) is 0 Å². The van der Waals surface area contributed by atoms with Crippen molar-refractivity contribution in [2.75, 3.05) is 5.33 Å². The van der Waals surface area contributed by atoms with Gasteiger partial charge >= 0.3 is 0 Å². The molecule has 0 aliphatic heterocycles. The van der Waals surface area contributed by atoms with Gasteiger partial charge in [-0.2, -0.15) is 0 Å². The zero-order valence-electron chi connectivity index (χ0n) is 9.91. The van der Waals surface area contributed by atoms with Crippen molar-refractivity contribution < 1.29 is 0 Å². The third kappa shape index (κ3) is 8.80. The van der Waals surface area contributed by atoms with E-state index in [0.29, 0.717) is 10.8 Å². The maximum Gasteiger partial charge on any atom is 0.00363 e. The molecule has 0 saturated heterocycles. The molecular weight excluding hydrogens is 224 g/mol. The van der Waals surface area contributed by atoms with Crippen LogP contribution in [-0.4, -0.2) is 5.33 Å². The Labute approximate surface area is 92.6 Å². The predicted molar refractivity (Wildman–Crippen MR) is 65.5 cm³/mol. The molecule has 0 bridgehead atoms. The summed E-state index contributed by atoms with van der Waals surface area (Å²) in [4.78, 5) is 0. The summed E-state index contributed by atoms with van der Waals surface area (Å²) in [5, 5.41) is 1.13. The minimum absolute atomic E-state index is 0.504. The minimum Gasteiger partial charge on any atom is -0.0928 e. The molecule has 13 heavy (non-hydrogen) atoms. The number of alkyl halides is 1. The molecule has 0 aromatic heterocycles. The van der Waals surface area contributed by atoms with Gasteiger partial charge in [0.1, 0.15) is 0 Å². The van der Waals surface area contributed by atoms with Gasteiger partial charge in [0.25, 0.3) is 0 Å². The van der Waals surface area contributed by atoms with Crippen LogP contribution in [0.4, 0.5) is 0 Å². The summed E-state index contributed by atoms with van der Waals surface area (Å²) in [5.41, 5.74) is 1.03. The van der Waals surface area contributed by atoms with Crippen molar-refractivity contribution in [3.05, 3.63) is 0 Å². The van der Waals surface area contributed by atoms with Gasteiger partial charge in [-0.1, -0.05) is 57.0 Å². The van der Waals surface area contributed by atoms with E-state index in [-0.39, 0.29) is 0 Å². The average Bonchev–Trinajstić information content (AvgIpc) is 1.82. The maximum atomic E-state index is 3.52. The van der Waals surface area contributed by atoms with E-state index in [1.54, 1.807) is 0 Å². The summed E-state index contributed by atoms with van der Waals surface area (Å²) in [6.45, 7) is 11.7. The van der Waals surface area contributed by atoms with Crippen LogP contribution in [-0.2, 0) is 0 Å². The standard InChI is InChI=1S/C12H25Br/c1-11(2,3)7-6-8-12(4,5)9-10-13/h6-10H2,1-5H3. The van der Waals surface area contributed by atoms with E-state index in [4.69, 9.17) is 0 Å². The second kappa shape index (κ2) is 5.38. The lowest BCUT2D eigenvalue weighted by Gasteiger charge is -2.26. The first kappa shape index (κ1) is 13.5. The number of hydrogen-bond acceptors (Lipinski definition) is 0. The van der Waals surface area contributed by atoms with Crippen LogP contribution in [0.2, 0.25) is 0 Å². The molecule has 0 nitrogen and oxygen atoms in total. The lowest BCUT2D eigenvalue weighted by atomic mass is 9.81. The SMILES string of the molecule is CC(C)(C)CCCC(C)(C)CCBr. The molecular formula is C12H25Br. The van der Waals surface area contributed by atoms with Crippen molar-refractivity contribution in [3.63, 3.8) is 0 Å². The van der Waals surface area contributed by atoms with Crippen LogP contribution < -0.4 is 0 Å². The summed E-state index contributed by atoms with van der Waals surface area (Å²) < 4.78 is 0. The van der Waals surface area contributed by atoms with Crippen LogP contribution in [0.3, 0.4) is 0 Å². The molecule has 0 rings (SSSR count). The van der Waals surface area contributed by atoms with Crippen molar-refractivity contribution in [3.8, 4) is 0 Å². The lowest BCUT2D eigenvalue weighted by Crippen LogP contribution is -2.13. The summed E-state index contributed by atoms with van der Waals surface area (Å²) in [6, 6.07) is 0. The van der Waals surface area contributed by atoms with Gasteiger partial charge in [0.15, 0.2) is 0 Å². The molecule has 0 aromatic rings. The molecule has 1 heteroatoms. The van der Waals surface area contributed by atoms with Gasteiger partial charge < -0.3 is 0 Å². The minimum atomic E-state index is 0.504. The predicted octanol–water partition coefficient (Wildman–Crippen LogP) is 5.01. The Kier molecular flexibility index (Phi) is 5.58. The molecule has 0 fully saturated rings. The monoisotopic (exact) mass is 248 g/mol. The van der Waals surface area contributed by atoms with E-state index < -0.39 is 0 Å². The first-order valence-electron chi connectivity index (χ1n) is 5.33. The number of halogens is 1. The van der Waals surface area contributed by atoms with E-state index in [1.165, 1.54) is 25.7 Å². The topological polar surface area (TPSA) is 0 Å². The molecule has 80 valence electrons. The van der Waals surface area contributed by atoms with E-state index in [0.717, 1.165) is 5.33 Å². The van der Waals surface area contributed by atoms with Crippen molar-refractivity contribution in [1.82, 2.24) is 0 Å². The first-order chi connectivity index (χ1) is 5.77. The third-order valence-electron chi connectivity index (χ3n) is 2.55.